The summed E-state index contributed by atoms with van der Waals surface area (Å²) in [6.45, 7) is 4.80. The number of ether oxygens (including phenoxy) is 2. The molecule has 0 aromatic heterocycles. The van der Waals surface area contributed by atoms with Crippen molar-refractivity contribution in [3.05, 3.63) is 29.8 Å². The van der Waals surface area contributed by atoms with E-state index in [0.29, 0.717) is 24.4 Å². The maximum atomic E-state index is 12.2. The Bertz CT molecular complexity index is 592. The summed E-state index contributed by atoms with van der Waals surface area (Å²) in [4.78, 5) is 36.5. The van der Waals surface area contributed by atoms with Crippen LogP contribution in [0.3, 0.4) is 0 Å². The molecule has 1 aliphatic rings. The molecule has 7 nitrogen and oxygen atoms in total. The van der Waals surface area contributed by atoms with Crippen LogP contribution in [0.1, 0.15) is 37.0 Å². The van der Waals surface area contributed by atoms with Crippen molar-refractivity contribution in [3.63, 3.8) is 0 Å². The third kappa shape index (κ3) is 4.97. The fourth-order valence-corrected chi connectivity index (χ4v) is 2.53. The Kier molecular flexibility index (Phi) is 6.17. The second-order valence-electron chi connectivity index (χ2n) is 5.56. The molecule has 0 unspecified atom stereocenters. The third-order valence-corrected chi connectivity index (χ3v) is 3.86. The van der Waals surface area contributed by atoms with Crippen LogP contribution in [0, 0.1) is 0 Å². The number of carbonyl (C=O) groups is 3. The summed E-state index contributed by atoms with van der Waals surface area (Å²) in [5, 5.41) is 2.97. The molecule has 0 radical (unpaired) electrons. The first-order valence-corrected chi connectivity index (χ1v) is 8.00. The molecule has 0 spiro atoms. The number of benzene rings is 1. The normalized spacial score (nSPS) is 14.8. The van der Waals surface area contributed by atoms with Gasteiger partial charge in [-0.05, 0) is 44.0 Å². The van der Waals surface area contributed by atoms with Gasteiger partial charge in [-0.3, -0.25) is 9.59 Å². The Morgan fingerprint density at radius 1 is 1.17 bits per heavy atom. The highest BCUT2D eigenvalue weighted by Crippen LogP contribution is 2.15. The first-order chi connectivity index (χ1) is 11.5. The molecule has 1 fully saturated rings. The Morgan fingerprint density at radius 3 is 2.33 bits per heavy atom. The number of hydrogen-bond acceptors (Lipinski definition) is 5. The van der Waals surface area contributed by atoms with Crippen LogP contribution in [0.4, 0.5) is 4.79 Å². The smallest absolute Gasteiger partial charge is 0.434 e. The second-order valence-corrected chi connectivity index (χ2v) is 5.56. The molecule has 1 aliphatic heterocycles. The number of amides is 2. The fraction of sp³-hybridized carbons (Fsp3) is 0.471. The van der Waals surface area contributed by atoms with Crippen LogP contribution in [0.15, 0.2) is 24.3 Å². The van der Waals surface area contributed by atoms with E-state index >= 15 is 0 Å². The summed E-state index contributed by atoms with van der Waals surface area (Å²) in [6.07, 6.45) is 0.719. The summed E-state index contributed by atoms with van der Waals surface area (Å²) in [7, 11) is 0. The summed E-state index contributed by atoms with van der Waals surface area (Å²) in [5.74, 6) is 0.204. The third-order valence-electron chi connectivity index (χ3n) is 3.86. The van der Waals surface area contributed by atoms with Gasteiger partial charge in [0, 0.05) is 31.6 Å². The monoisotopic (exact) mass is 334 g/mol. The van der Waals surface area contributed by atoms with Gasteiger partial charge in [-0.25, -0.2) is 4.79 Å². The number of piperidine rings is 1. The predicted octanol–water partition coefficient (Wildman–Crippen LogP) is 1.96. The molecular weight excluding hydrogens is 312 g/mol. The highest BCUT2D eigenvalue weighted by molar-refractivity contribution is 5.94. The van der Waals surface area contributed by atoms with Crippen molar-refractivity contribution in [2.45, 2.75) is 32.7 Å². The van der Waals surface area contributed by atoms with E-state index in [0.717, 1.165) is 12.8 Å². The lowest BCUT2D eigenvalue weighted by atomic mass is 10.0. The van der Waals surface area contributed by atoms with Crippen LogP contribution in [0.5, 0.6) is 5.75 Å². The average Bonchev–Trinajstić information content (AvgIpc) is 2.56. The number of hydrogen-bond donors (Lipinski definition) is 1. The molecule has 2 amide bonds. The number of nitrogens with zero attached hydrogens (tertiary/aromatic N) is 1. The number of carbonyl (C=O) groups excluding carboxylic acids is 3. The van der Waals surface area contributed by atoms with Gasteiger partial charge < -0.3 is 19.7 Å². The summed E-state index contributed by atoms with van der Waals surface area (Å²) >= 11 is 0. The van der Waals surface area contributed by atoms with Crippen LogP contribution in [-0.4, -0.2) is 48.6 Å². The maximum absolute atomic E-state index is 12.2. The van der Waals surface area contributed by atoms with E-state index in [1.165, 1.54) is 0 Å². The Morgan fingerprint density at radius 2 is 1.79 bits per heavy atom. The summed E-state index contributed by atoms with van der Waals surface area (Å²) in [6, 6.07) is 6.33. The highest BCUT2D eigenvalue weighted by atomic mass is 16.7. The molecule has 24 heavy (non-hydrogen) atoms. The summed E-state index contributed by atoms with van der Waals surface area (Å²) < 4.78 is 9.62. The second kappa shape index (κ2) is 8.33. The molecule has 0 atom stereocenters. The van der Waals surface area contributed by atoms with Crippen LogP contribution in [-0.2, 0) is 9.53 Å². The lowest BCUT2D eigenvalue weighted by Crippen LogP contribution is -2.45. The van der Waals surface area contributed by atoms with E-state index in [1.54, 1.807) is 43.0 Å². The van der Waals surface area contributed by atoms with Gasteiger partial charge in [-0.2, -0.15) is 0 Å². The SMILES string of the molecule is CCOC(=O)Oc1ccc(C(=O)NC2CCN(C(C)=O)CC2)cc1. The van der Waals surface area contributed by atoms with Gasteiger partial charge in [0.15, 0.2) is 0 Å². The first-order valence-electron chi connectivity index (χ1n) is 8.00. The molecular formula is C17H22N2O5. The molecule has 1 heterocycles. The number of likely N-dealkylation sites (tertiary alicyclic amines) is 1. The Hall–Kier alpha value is -2.57. The van der Waals surface area contributed by atoms with E-state index in [1.807, 2.05) is 0 Å². The molecule has 0 bridgehead atoms. The number of rotatable bonds is 4. The highest BCUT2D eigenvalue weighted by Gasteiger charge is 2.22. The van der Waals surface area contributed by atoms with Crippen molar-refractivity contribution in [1.82, 2.24) is 10.2 Å². The molecule has 1 aromatic rings. The lowest BCUT2D eigenvalue weighted by Gasteiger charge is -2.31. The van der Waals surface area contributed by atoms with Crippen LogP contribution >= 0.6 is 0 Å². The zero-order valence-corrected chi connectivity index (χ0v) is 13.9. The van der Waals surface area contributed by atoms with Gasteiger partial charge in [0.1, 0.15) is 5.75 Å². The van der Waals surface area contributed by atoms with Crippen molar-refractivity contribution in [1.29, 1.82) is 0 Å². The molecule has 130 valence electrons. The minimum absolute atomic E-state index is 0.0589. The quantitative estimate of drug-likeness (QED) is 0.672. The topological polar surface area (TPSA) is 84.9 Å². The predicted molar refractivity (Wildman–Crippen MR) is 86.8 cm³/mol. The maximum Gasteiger partial charge on any atom is 0.513 e. The Labute approximate surface area is 140 Å². The standard InChI is InChI=1S/C17H22N2O5/c1-3-23-17(22)24-15-6-4-13(5-7-15)16(21)18-14-8-10-19(11-9-14)12(2)20/h4-7,14H,3,8-11H2,1-2H3,(H,18,21). The van der Waals surface area contributed by atoms with E-state index in [9.17, 15) is 14.4 Å². The van der Waals surface area contributed by atoms with E-state index in [-0.39, 0.29) is 24.5 Å². The first kappa shape index (κ1) is 17.8. The van der Waals surface area contributed by atoms with Gasteiger partial charge >= 0.3 is 6.16 Å². The molecule has 1 saturated heterocycles. The largest absolute Gasteiger partial charge is 0.513 e. The van der Waals surface area contributed by atoms with Gasteiger partial charge in [-0.15, -0.1) is 0 Å². The molecule has 2 rings (SSSR count). The minimum atomic E-state index is -0.771. The van der Waals surface area contributed by atoms with E-state index in [4.69, 9.17) is 4.74 Å². The van der Waals surface area contributed by atoms with E-state index in [2.05, 4.69) is 10.1 Å². The van der Waals surface area contributed by atoms with Crippen LogP contribution in [0.25, 0.3) is 0 Å². The van der Waals surface area contributed by atoms with Crippen LogP contribution < -0.4 is 10.1 Å². The summed E-state index contributed by atoms with van der Waals surface area (Å²) in [5.41, 5.74) is 0.486. The van der Waals surface area contributed by atoms with Crippen molar-refractivity contribution in [2.75, 3.05) is 19.7 Å². The minimum Gasteiger partial charge on any atom is -0.434 e. The van der Waals surface area contributed by atoms with Gasteiger partial charge in [0.2, 0.25) is 5.91 Å². The molecule has 7 heteroatoms. The van der Waals surface area contributed by atoms with Crippen molar-refractivity contribution in [3.8, 4) is 5.75 Å². The molecule has 1 N–H and O–H groups in total. The van der Waals surface area contributed by atoms with Crippen molar-refractivity contribution in [2.24, 2.45) is 0 Å². The molecule has 0 aliphatic carbocycles. The zero-order chi connectivity index (χ0) is 17.5. The number of nitrogens with one attached hydrogen (secondary N) is 1. The molecule has 0 saturated carbocycles. The fourth-order valence-electron chi connectivity index (χ4n) is 2.53. The Balaban J connectivity index is 1.84. The van der Waals surface area contributed by atoms with Gasteiger partial charge in [0.25, 0.3) is 5.91 Å². The van der Waals surface area contributed by atoms with Crippen molar-refractivity contribution >= 4 is 18.0 Å². The van der Waals surface area contributed by atoms with E-state index < -0.39 is 6.16 Å². The molecule has 1 aromatic carbocycles. The zero-order valence-electron chi connectivity index (χ0n) is 13.9. The average molecular weight is 334 g/mol. The van der Waals surface area contributed by atoms with Crippen LogP contribution in [0.2, 0.25) is 0 Å². The van der Waals surface area contributed by atoms with Gasteiger partial charge in [0.05, 0.1) is 6.61 Å². The van der Waals surface area contributed by atoms with Gasteiger partial charge in [-0.1, -0.05) is 0 Å². The lowest BCUT2D eigenvalue weighted by molar-refractivity contribution is -0.129. The van der Waals surface area contributed by atoms with Crippen molar-refractivity contribution < 1.29 is 23.9 Å².